The molecule has 4 rings (SSSR count). The molecule has 1 N–H and O–H groups in total. The van der Waals surface area contributed by atoms with Crippen molar-refractivity contribution >= 4 is 31.9 Å². The molecule has 2 aromatic carbocycles. The van der Waals surface area contributed by atoms with E-state index in [2.05, 4.69) is 38.3 Å². The Kier molecular flexibility index (Phi) is 6.27. The van der Waals surface area contributed by atoms with Crippen LogP contribution in [0.25, 0.3) is 0 Å². The Labute approximate surface area is 192 Å². The number of carbonyl (C=O) groups excluding carboxylic acids is 1. The van der Waals surface area contributed by atoms with Gasteiger partial charge in [0.1, 0.15) is 0 Å². The summed E-state index contributed by atoms with van der Waals surface area (Å²) in [5.74, 6) is -0.247. The summed E-state index contributed by atoms with van der Waals surface area (Å²) in [4.78, 5) is 15.9. The first-order valence-electron chi connectivity index (χ1n) is 10.6. The van der Waals surface area contributed by atoms with Crippen LogP contribution in [0, 0.1) is 0 Å². The molecule has 31 heavy (non-hydrogen) atoms. The minimum absolute atomic E-state index is 0.109. The standard InChI is InChI=1S/C23H28BrN3O3S/c1-26(2)31(29,30)19-10-11-21(24)20(15-19)22(28)25-23-13-6-9-18(12-14-23)27(23)16-17-7-4-3-5-8-17/h3-5,7-8,10-11,15,18H,6,9,12-14,16H2,1-2H3,(H,25,28). The minimum atomic E-state index is -3.62. The molecule has 2 aliphatic heterocycles. The molecule has 2 fully saturated rings. The molecule has 0 aromatic heterocycles. The molecule has 1 amide bonds. The van der Waals surface area contributed by atoms with Crippen molar-refractivity contribution < 1.29 is 13.2 Å². The molecule has 0 aliphatic carbocycles. The van der Waals surface area contributed by atoms with Crippen LogP contribution in [0.1, 0.15) is 48.0 Å². The van der Waals surface area contributed by atoms with Gasteiger partial charge in [0.25, 0.3) is 5.91 Å². The average Bonchev–Trinajstić information content (AvgIpc) is 2.92. The van der Waals surface area contributed by atoms with Gasteiger partial charge in [0.15, 0.2) is 0 Å². The van der Waals surface area contributed by atoms with Gasteiger partial charge < -0.3 is 5.32 Å². The van der Waals surface area contributed by atoms with E-state index in [-0.39, 0.29) is 10.8 Å². The second-order valence-electron chi connectivity index (χ2n) is 8.61. The maximum absolute atomic E-state index is 13.4. The van der Waals surface area contributed by atoms with Crippen molar-refractivity contribution in [2.24, 2.45) is 0 Å². The molecule has 166 valence electrons. The SMILES string of the molecule is CN(C)S(=O)(=O)c1ccc(Br)c(C(=O)NC23CCCC(CC2)N3Cc2ccccc2)c1. The van der Waals surface area contributed by atoms with E-state index in [0.717, 1.165) is 43.0 Å². The van der Waals surface area contributed by atoms with Crippen LogP contribution in [0.5, 0.6) is 0 Å². The molecule has 0 radical (unpaired) electrons. The van der Waals surface area contributed by atoms with Gasteiger partial charge in [0.05, 0.1) is 16.1 Å². The highest BCUT2D eigenvalue weighted by Gasteiger charge is 2.49. The summed E-state index contributed by atoms with van der Waals surface area (Å²) in [6.07, 6.45) is 5.08. The molecule has 0 spiro atoms. The van der Waals surface area contributed by atoms with Crippen LogP contribution in [0.4, 0.5) is 0 Å². The molecule has 2 saturated heterocycles. The number of nitrogens with zero attached hydrogens (tertiary/aromatic N) is 2. The summed E-state index contributed by atoms with van der Waals surface area (Å²) in [5.41, 5.74) is 1.17. The van der Waals surface area contributed by atoms with Gasteiger partial charge in [-0.2, -0.15) is 0 Å². The molecule has 2 aromatic rings. The Morgan fingerprint density at radius 3 is 2.61 bits per heavy atom. The van der Waals surface area contributed by atoms with E-state index in [9.17, 15) is 13.2 Å². The van der Waals surface area contributed by atoms with Crippen LogP contribution in [0.15, 0.2) is 57.9 Å². The average molecular weight is 506 g/mol. The first-order chi connectivity index (χ1) is 14.7. The highest BCUT2D eigenvalue weighted by molar-refractivity contribution is 9.10. The third kappa shape index (κ3) is 4.31. The fourth-order valence-corrected chi connectivity index (χ4v) is 6.19. The van der Waals surface area contributed by atoms with Crippen LogP contribution >= 0.6 is 15.9 Å². The second-order valence-corrected chi connectivity index (χ2v) is 11.6. The lowest BCUT2D eigenvalue weighted by Gasteiger charge is -2.45. The van der Waals surface area contributed by atoms with Crippen LogP contribution in [-0.4, -0.2) is 49.3 Å². The normalized spacial score (nSPS) is 23.8. The Morgan fingerprint density at radius 1 is 1.16 bits per heavy atom. The third-order valence-electron chi connectivity index (χ3n) is 6.51. The maximum Gasteiger partial charge on any atom is 0.253 e. The zero-order valence-corrected chi connectivity index (χ0v) is 20.2. The second kappa shape index (κ2) is 8.65. The number of hydrogen-bond acceptors (Lipinski definition) is 4. The van der Waals surface area contributed by atoms with Crippen molar-refractivity contribution in [2.45, 2.75) is 55.2 Å². The topological polar surface area (TPSA) is 69.7 Å². The van der Waals surface area contributed by atoms with E-state index in [1.807, 2.05) is 18.2 Å². The van der Waals surface area contributed by atoms with Gasteiger partial charge in [-0.25, -0.2) is 12.7 Å². The van der Waals surface area contributed by atoms with E-state index in [1.165, 1.54) is 31.8 Å². The van der Waals surface area contributed by atoms with Crippen molar-refractivity contribution in [1.29, 1.82) is 0 Å². The molecule has 0 saturated carbocycles. The first kappa shape index (κ1) is 22.5. The smallest absolute Gasteiger partial charge is 0.253 e. The number of rotatable bonds is 6. The number of piperidine rings is 1. The summed E-state index contributed by atoms with van der Waals surface area (Å²) >= 11 is 3.44. The van der Waals surface area contributed by atoms with Gasteiger partial charge in [0, 0.05) is 31.2 Å². The quantitative estimate of drug-likeness (QED) is 0.644. The summed E-state index contributed by atoms with van der Waals surface area (Å²) in [5, 5.41) is 3.31. The van der Waals surface area contributed by atoms with Crippen molar-refractivity contribution in [3.8, 4) is 0 Å². The summed E-state index contributed by atoms with van der Waals surface area (Å²) in [6.45, 7) is 0.794. The predicted octanol–water partition coefficient (Wildman–Crippen LogP) is 3.97. The Hall–Kier alpha value is -1.74. The highest BCUT2D eigenvalue weighted by atomic mass is 79.9. The van der Waals surface area contributed by atoms with Gasteiger partial charge in [0.2, 0.25) is 10.0 Å². The molecule has 6 nitrogen and oxygen atoms in total. The summed E-state index contributed by atoms with van der Waals surface area (Å²) in [6, 6.07) is 15.4. The number of carbonyl (C=O) groups is 1. The molecule has 8 heteroatoms. The van der Waals surface area contributed by atoms with Crippen molar-refractivity contribution in [3.63, 3.8) is 0 Å². The number of nitrogens with one attached hydrogen (secondary N) is 1. The van der Waals surface area contributed by atoms with E-state index in [0.29, 0.717) is 16.1 Å². The molecular weight excluding hydrogens is 478 g/mol. The van der Waals surface area contributed by atoms with E-state index < -0.39 is 15.7 Å². The molecule has 2 heterocycles. The lowest BCUT2D eigenvalue weighted by Crippen LogP contribution is -2.60. The number of fused-ring (bicyclic) bond motifs is 2. The molecule has 2 bridgehead atoms. The number of amides is 1. The van der Waals surface area contributed by atoms with Crippen LogP contribution in [0.3, 0.4) is 0 Å². The lowest BCUT2D eigenvalue weighted by atomic mass is 9.95. The van der Waals surface area contributed by atoms with Gasteiger partial charge in [-0.3, -0.25) is 9.69 Å². The zero-order valence-electron chi connectivity index (χ0n) is 17.8. The van der Waals surface area contributed by atoms with Crippen LogP contribution < -0.4 is 5.32 Å². The molecule has 2 unspecified atom stereocenters. The Bertz CT molecular complexity index is 1070. The van der Waals surface area contributed by atoms with Gasteiger partial charge in [-0.05, 0) is 71.8 Å². The molecular formula is C23H28BrN3O3S. The molecule has 2 atom stereocenters. The number of sulfonamides is 1. The van der Waals surface area contributed by atoms with Crippen molar-refractivity contribution in [1.82, 2.24) is 14.5 Å². The number of benzene rings is 2. The van der Waals surface area contributed by atoms with Crippen LogP contribution in [0.2, 0.25) is 0 Å². The Balaban J connectivity index is 1.62. The highest BCUT2D eigenvalue weighted by Crippen LogP contribution is 2.43. The van der Waals surface area contributed by atoms with Crippen molar-refractivity contribution in [2.75, 3.05) is 14.1 Å². The number of halogens is 1. The van der Waals surface area contributed by atoms with E-state index in [1.54, 1.807) is 6.07 Å². The predicted molar refractivity (Wildman–Crippen MR) is 124 cm³/mol. The largest absolute Gasteiger partial charge is 0.334 e. The van der Waals surface area contributed by atoms with Crippen molar-refractivity contribution in [3.05, 3.63) is 64.1 Å². The first-order valence-corrected chi connectivity index (χ1v) is 12.8. The van der Waals surface area contributed by atoms with E-state index >= 15 is 0 Å². The van der Waals surface area contributed by atoms with Gasteiger partial charge in [-0.15, -0.1) is 0 Å². The fraction of sp³-hybridized carbons (Fsp3) is 0.435. The van der Waals surface area contributed by atoms with Gasteiger partial charge >= 0.3 is 0 Å². The zero-order chi connectivity index (χ0) is 22.2. The monoisotopic (exact) mass is 505 g/mol. The maximum atomic E-state index is 13.4. The lowest BCUT2D eigenvalue weighted by molar-refractivity contribution is 0.0184. The third-order valence-corrected chi connectivity index (χ3v) is 9.01. The Morgan fingerprint density at radius 2 is 1.90 bits per heavy atom. The van der Waals surface area contributed by atoms with Crippen LogP contribution in [-0.2, 0) is 16.6 Å². The summed E-state index contributed by atoms with van der Waals surface area (Å²) < 4.78 is 26.9. The summed E-state index contributed by atoms with van der Waals surface area (Å²) in [7, 11) is -0.656. The molecule has 2 aliphatic rings. The fourth-order valence-electron chi connectivity index (χ4n) is 4.84. The van der Waals surface area contributed by atoms with E-state index in [4.69, 9.17) is 0 Å². The van der Waals surface area contributed by atoms with Gasteiger partial charge in [-0.1, -0.05) is 30.3 Å². The number of hydrogen-bond donors (Lipinski definition) is 1. The minimum Gasteiger partial charge on any atom is -0.334 e.